The van der Waals surface area contributed by atoms with Crippen LogP contribution in [0.25, 0.3) is 0 Å². The molecular formula is C20H22FNO4S2. The number of rotatable bonds is 3. The lowest BCUT2D eigenvalue weighted by Gasteiger charge is -2.35. The molecule has 2 aromatic carbocycles. The summed E-state index contributed by atoms with van der Waals surface area (Å²) in [5.74, 6) is -1.52. The van der Waals surface area contributed by atoms with Crippen molar-refractivity contribution in [2.45, 2.75) is 36.1 Å². The van der Waals surface area contributed by atoms with E-state index in [-0.39, 0.29) is 5.75 Å². The second-order valence-electron chi connectivity index (χ2n) is 7.65. The third-order valence-electron chi connectivity index (χ3n) is 5.69. The van der Waals surface area contributed by atoms with Crippen molar-refractivity contribution in [3.8, 4) is 0 Å². The van der Waals surface area contributed by atoms with E-state index in [2.05, 4.69) is 0 Å². The molecule has 2 aromatic rings. The van der Waals surface area contributed by atoms with Crippen molar-refractivity contribution in [3.05, 3.63) is 65.0 Å². The molecule has 2 aliphatic heterocycles. The molecule has 0 unspecified atom stereocenters. The second-order valence-corrected chi connectivity index (χ2v) is 11.9. The lowest BCUT2D eigenvalue weighted by Crippen LogP contribution is -2.48. The first kappa shape index (κ1) is 19.5. The summed E-state index contributed by atoms with van der Waals surface area (Å²) in [4.78, 5) is 1.53. The van der Waals surface area contributed by atoms with Gasteiger partial charge in [0.2, 0.25) is 0 Å². The van der Waals surface area contributed by atoms with Crippen molar-refractivity contribution in [1.82, 2.24) is 4.90 Å². The maximum Gasteiger partial charge on any atom is 0.186 e. The molecule has 1 saturated heterocycles. The van der Waals surface area contributed by atoms with Crippen molar-refractivity contribution < 1.29 is 21.2 Å². The average molecular weight is 424 g/mol. The quantitative estimate of drug-likeness (QED) is 0.756. The third kappa shape index (κ3) is 3.49. The summed E-state index contributed by atoms with van der Waals surface area (Å²) in [7, 11) is -7.66. The fraction of sp³-hybridized carbons (Fsp3) is 0.400. The van der Waals surface area contributed by atoms with Crippen LogP contribution < -0.4 is 0 Å². The van der Waals surface area contributed by atoms with Gasteiger partial charge in [0.1, 0.15) is 10.7 Å². The summed E-state index contributed by atoms with van der Waals surface area (Å²) in [6.07, 6.45) is 0.734. The van der Waals surface area contributed by atoms with Gasteiger partial charge in [-0.1, -0.05) is 30.3 Å². The minimum Gasteiger partial charge on any atom is -0.293 e. The van der Waals surface area contributed by atoms with Crippen LogP contribution in [-0.4, -0.2) is 51.1 Å². The van der Waals surface area contributed by atoms with Crippen LogP contribution in [0.5, 0.6) is 0 Å². The van der Waals surface area contributed by atoms with E-state index >= 15 is 0 Å². The SMILES string of the molecule is Cc1ccc(F)c(S(=O)(=O)[C@H]2CS(=O)(=O)C[C@@H]2N2CCc3ccccc3C2)c1. The van der Waals surface area contributed by atoms with E-state index in [1.165, 1.54) is 17.7 Å². The Morgan fingerprint density at radius 3 is 2.54 bits per heavy atom. The van der Waals surface area contributed by atoms with Crippen molar-refractivity contribution >= 4 is 19.7 Å². The van der Waals surface area contributed by atoms with Crippen LogP contribution in [0.1, 0.15) is 16.7 Å². The highest BCUT2D eigenvalue weighted by atomic mass is 32.2. The molecule has 0 spiro atoms. The number of hydrogen-bond donors (Lipinski definition) is 0. The molecule has 0 bridgehead atoms. The maximum absolute atomic E-state index is 14.3. The van der Waals surface area contributed by atoms with Crippen LogP contribution >= 0.6 is 0 Å². The molecule has 0 aromatic heterocycles. The normalized spacial score (nSPS) is 24.8. The smallest absolute Gasteiger partial charge is 0.186 e. The summed E-state index contributed by atoms with van der Waals surface area (Å²) < 4.78 is 65.6. The Bertz CT molecular complexity index is 1130. The molecule has 5 nitrogen and oxygen atoms in total. The van der Waals surface area contributed by atoms with E-state index in [1.807, 2.05) is 29.2 Å². The summed E-state index contributed by atoms with van der Waals surface area (Å²) in [5, 5.41) is -1.17. The Balaban J connectivity index is 1.72. The van der Waals surface area contributed by atoms with Crippen LogP contribution in [-0.2, 0) is 32.6 Å². The predicted octanol–water partition coefficient (Wildman–Crippen LogP) is 2.13. The first-order valence-corrected chi connectivity index (χ1v) is 12.6. The zero-order valence-corrected chi connectivity index (χ0v) is 17.1. The highest BCUT2D eigenvalue weighted by Crippen LogP contribution is 2.33. The number of nitrogens with zero attached hydrogens (tertiary/aromatic N) is 1. The van der Waals surface area contributed by atoms with Crippen molar-refractivity contribution in [2.75, 3.05) is 18.1 Å². The molecule has 2 atom stereocenters. The maximum atomic E-state index is 14.3. The molecule has 1 fully saturated rings. The predicted molar refractivity (Wildman–Crippen MR) is 105 cm³/mol. The molecule has 0 amide bonds. The van der Waals surface area contributed by atoms with Crippen LogP contribution in [0.2, 0.25) is 0 Å². The Labute approximate surface area is 165 Å². The van der Waals surface area contributed by atoms with Crippen LogP contribution in [0.4, 0.5) is 4.39 Å². The lowest BCUT2D eigenvalue weighted by molar-refractivity contribution is 0.195. The second kappa shape index (κ2) is 6.93. The number of benzene rings is 2. The zero-order chi connectivity index (χ0) is 20.1. The van der Waals surface area contributed by atoms with E-state index in [0.29, 0.717) is 18.7 Å². The number of sulfone groups is 2. The number of fused-ring (bicyclic) bond motifs is 1. The Kier molecular flexibility index (Phi) is 4.84. The lowest BCUT2D eigenvalue weighted by atomic mass is 9.98. The van der Waals surface area contributed by atoms with E-state index in [1.54, 1.807) is 6.92 Å². The topological polar surface area (TPSA) is 71.5 Å². The summed E-state index contributed by atoms with van der Waals surface area (Å²) in [5.41, 5.74) is 2.89. The molecule has 0 radical (unpaired) electrons. The van der Waals surface area contributed by atoms with Gasteiger partial charge in [-0.15, -0.1) is 0 Å². The van der Waals surface area contributed by atoms with Gasteiger partial charge in [0.15, 0.2) is 19.7 Å². The van der Waals surface area contributed by atoms with Gasteiger partial charge < -0.3 is 0 Å². The largest absolute Gasteiger partial charge is 0.293 e. The molecule has 0 saturated carbocycles. The number of hydrogen-bond acceptors (Lipinski definition) is 5. The highest BCUT2D eigenvalue weighted by Gasteiger charge is 2.49. The minimum absolute atomic E-state index is 0.216. The molecule has 0 aliphatic carbocycles. The van der Waals surface area contributed by atoms with Gasteiger partial charge in [0.05, 0.1) is 16.8 Å². The third-order valence-corrected chi connectivity index (χ3v) is 9.82. The van der Waals surface area contributed by atoms with Gasteiger partial charge in [-0.05, 0) is 42.2 Å². The molecule has 8 heteroatoms. The number of halogens is 1. The molecule has 2 aliphatic rings. The standard InChI is InChI=1S/C20H22FNO4S2/c1-14-6-7-17(21)19(10-14)28(25,26)20-13-27(23,24)12-18(20)22-9-8-15-4-2-3-5-16(15)11-22/h2-7,10,18,20H,8-9,11-13H2,1H3/t18-,20-/m0/s1. The molecular weight excluding hydrogens is 401 g/mol. The van der Waals surface area contributed by atoms with E-state index in [9.17, 15) is 21.2 Å². The number of aryl methyl sites for hydroxylation is 1. The minimum atomic E-state index is -4.13. The fourth-order valence-electron chi connectivity index (χ4n) is 4.23. The first-order chi connectivity index (χ1) is 13.2. The molecule has 28 heavy (non-hydrogen) atoms. The van der Waals surface area contributed by atoms with Crippen molar-refractivity contribution in [2.24, 2.45) is 0 Å². The van der Waals surface area contributed by atoms with E-state index in [4.69, 9.17) is 0 Å². The van der Waals surface area contributed by atoms with Gasteiger partial charge in [0.25, 0.3) is 0 Å². The van der Waals surface area contributed by atoms with E-state index < -0.39 is 47.4 Å². The summed E-state index contributed by atoms with van der Waals surface area (Å²) >= 11 is 0. The van der Waals surface area contributed by atoms with Gasteiger partial charge in [-0.2, -0.15) is 0 Å². The molecule has 150 valence electrons. The molecule has 2 heterocycles. The van der Waals surface area contributed by atoms with Crippen LogP contribution in [0.15, 0.2) is 47.4 Å². The van der Waals surface area contributed by atoms with Gasteiger partial charge >= 0.3 is 0 Å². The Hall–Kier alpha value is -1.77. The molecule has 4 rings (SSSR count). The fourth-order valence-corrected chi connectivity index (χ4v) is 9.21. The summed E-state index contributed by atoms with van der Waals surface area (Å²) in [6, 6.07) is 11.1. The Morgan fingerprint density at radius 1 is 1.07 bits per heavy atom. The van der Waals surface area contributed by atoms with Gasteiger partial charge in [0, 0.05) is 19.1 Å². The van der Waals surface area contributed by atoms with Gasteiger partial charge in [-0.25, -0.2) is 21.2 Å². The van der Waals surface area contributed by atoms with Crippen LogP contribution in [0, 0.1) is 12.7 Å². The summed E-state index contributed by atoms with van der Waals surface area (Å²) in [6.45, 7) is 2.76. The van der Waals surface area contributed by atoms with E-state index in [0.717, 1.165) is 18.1 Å². The average Bonchev–Trinajstić information content (AvgIpc) is 2.99. The van der Waals surface area contributed by atoms with Crippen molar-refractivity contribution in [3.63, 3.8) is 0 Å². The zero-order valence-electron chi connectivity index (χ0n) is 15.5. The van der Waals surface area contributed by atoms with Crippen LogP contribution in [0.3, 0.4) is 0 Å². The first-order valence-electron chi connectivity index (χ1n) is 9.19. The van der Waals surface area contributed by atoms with Gasteiger partial charge in [-0.3, -0.25) is 4.90 Å². The van der Waals surface area contributed by atoms with Crippen molar-refractivity contribution in [1.29, 1.82) is 0 Å². The highest BCUT2D eigenvalue weighted by molar-refractivity contribution is 7.96. The monoisotopic (exact) mass is 423 g/mol. The molecule has 0 N–H and O–H groups in total. The Morgan fingerprint density at radius 2 is 1.79 bits per heavy atom.